The summed E-state index contributed by atoms with van der Waals surface area (Å²) in [5.41, 5.74) is 0. The summed E-state index contributed by atoms with van der Waals surface area (Å²) in [6.07, 6.45) is 1.85. The zero-order valence-corrected chi connectivity index (χ0v) is 13.0. The molecule has 1 saturated heterocycles. The molecular weight excluding hydrogens is 309 g/mol. The first-order chi connectivity index (χ1) is 10.5. The molecule has 0 amide bonds. The van der Waals surface area contributed by atoms with Crippen LogP contribution in [0.4, 0.5) is 4.39 Å². The Morgan fingerprint density at radius 1 is 1.32 bits per heavy atom. The third-order valence-corrected chi connectivity index (χ3v) is 6.46. The van der Waals surface area contributed by atoms with Gasteiger partial charge in [0, 0.05) is 12.5 Å². The van der Waals surface area contributed by atoms with E-state index < -0.39 is 21.9 Å². The van der Waals surface area contributed by atoms with Crippen molar-refractivity contribution in [3.8, 4) is 0 Å². The topological polar surface area (TPSA) is 66.8 Å². The molecule has 2 aliphatic rings. The molecule has 22 heavy (non-hydrogen) atoms. The number of aliphatic hydroxyl groups is 1. The number of aliphatic hydroxyl groups excluding tert-OH is 1. The standard InChI is InChI=1S/C15H20FNO4S/c16-11-3-1-4-12(9-11)22(19,20)17-7-8-21-10-14(17)13-5-2-6-15(13)18/h1,3-4,9,13-15,18H,2,5-8,10H2/t13-,14+,15+/m0/s1. The second kappa shape index (κ2) is 6.23. The van der Waals surface area contributed by atoms with E-state index in [9.17, 15) is 17.9 Å². The van der Waals surface area contributed by atoms with E-state index in [0.29, 0.717) is 13.0 Å². The van der Waals surface area contributed by atoms with Crippen LogP contribution >= 0.6 is 0 Å². The predicted octanol–water partition coefficient (Wildman–Crippen LogP) is 1.38. The lowest BCUT2D eigenvalue weighted by atomic mass is 9.96. The minimum atomic E-state index is -3.79. The van der Waals surface area contributed by atoms with Crippen LogP contribution in [0.15, 0.2) is 29.2 Å². The molecule has 0 aromatic heterocycles. The Morgan fingerprint density at radius 2 is 2.14 bits per heavy atom. The highest BCUT2D eigenvalue weighted by molar-refractivity contribution is 7.89. The quantitative estimate of drug-likeness (QED) is 0.910. The molecule has 1 heterocycles. The van der Waals surface area contributed by atoms with Crippen molar-refractivity contribution in [3.63, 3.8) is 0 Å². The Kier molecular flexibility index (Phi) is 4.49. The number of ether oxygens (including phenoxy) is 1. The number of sulfonamides is 1. The van der Waals surface area contributed by atoms with Gasteiger partial charge in [0.15, 0.2) is 0 Å². The Morgan fingerprint density at radius 3 is 2.82 bits per heavy atom. The largest absolute Gasteiger partial charge is 0.393 e. The predicted molar refractivity (Wildman–Crippen MR) is 78.2 cm³/mol. The van der Waals surface area contributed by atoms with Gasteiger partial charge in [-0.3, -0.25) is 0 Å². The molecule has 0 unspecified atom stereocenters. The van der Waals surface area contributed by atoms with Gasteiger partial charge in [-0.15, -0.1) is 0 Å². The van der Waals surface area contributed by atoms with Gasteiger partial charge in [0.2, 0.25) is 10.0 Å². The highest BCUT2D eigenvalue weighted by atomic mass is 32.2. The molecule has 1 aliphatic carbocycles. The molecule has 0 spiro atoms. The zero-order chi connectivity index (χ0) is 15.7. The molecule has 0 bridgehead atoms. The normalized spacial score (nSPS) is 30.5. The van der Waals surface area contributed by atoms with Crippen molar-refractivity contribution >= 4 is 10.0 Å². The van der Waals surface area contributed by atoms with Gasteiger partial charge in [-0.25, -0.2) is 12.8 Å². The molecule has 3 atom stereocenters. The van der Waals surface area contributed by atoms with Crippen LogP contribution in [0.3, 0.4) is 0 Å². The maximum absolute atomic E-state index is 13.4. The summed E-state index contributed by atoms with van der Waals surface area (Å²) in [6, 6.07) is 4.65. The average molecular weight is 329 g/mol. The Labute approximate surface area is 129 Å². The van der Waals surface area contributed by atoms with E-state index in [1.54, 1.807) is 0 Å². The minimum absolute atomic E-state index is 0.0492. The van der Waals surface area contributed by atoms with Gasteiger partial charge in [0.25, 0.3) is 0 Å². The van der Waals surface area contributed by atoms with Crippen molar-refractivity contribution in [2.45, 2.75) is 36.3 Å². The molecule has 1 N–H and O–H groups in total. The Balaban J connectivity index is 1.92. The summed E-state index contributed by atoms with van der Waals surface area (Å²) in [5.74, 6) is -0.699. The van der Waals surface area contributed by atoms with Crippen LogP contribution in [0.25, 0.3) is 0 Å². The zero-order valence-electron chi connectivity index (χ0n) is 12.2. The first-order valence-electron chi connectivity index (χ1n) is 7.53. The van der Waals surface area contributed by atoms with Crippen LogP contribution in [-0.4, -0.2) is 49.7 Å². The van der Waals surface area contributed by atoms with Crippen molar-refractivity contribution < 1.29 is 22.7 Å². The highest BCUT2D eigenvalue weighted by Crippen LogP contribution is 2.34. The van der Waals surface area contributed by atoms with Gasteiger partial charge in [0.05, 0.1) is 30.3 Å². The van der Waals surface area contributed by atoms with Gasteiger partial charge in [-0.2, -0.15) is 4.31 Å². The molecule has 7 heteroatoms. The summed E-state index contributed by atoms with van der Waals surface area (Å²) in [4.78, 5) is -0.0492. The fraction of sp³-hybridized carbons (Fsp3) is 0.600. The van der Waals surface area contributed by atoms with E-state index in [4.69, 9.17) is 4.74 Å². The van der Waals surface area contributed by atoms with Crippen LogP contribution in [0.5, 0.6) is 0 Å². The highest BCUT2D eigenvalue weighted by Gasteiger charge is 2.42. The van der Waals surface area contributed by atoms with Crippen LogP contribution in [-0.2, 0) is 14.8 Å². The van der Waals surface area contributed by atoms with E-state index in [2.05, 4.69) is 0 Å². The third-order valence-electron chi connectivity index (χ3n) is 4.54. The van der Waals surface area contributed by atoms with Crippen molar-refractivity contribution in [2.24, 2.45) is 5.92 Å². The van der Waals surface area contributed by atoms with Crippen molar-refractivity contribution in [1.82, 2.24) is 4.31 Å². The lowest BCUT2D eigenvalue weighted by Gasteiger charge is -2.39. The van der Waals surface area contributed by atoms with Gasteiger partial charge >= 0.3 is 0 Å². The smallest absolute Gasteiger partial charge is 0.243 e. The molecule has 0 radical (unpaired) electrons. The molecule has 3 rings (SSSR count). The SMILES string of the molecule is O=S(=O)(c1cccc(F)c1)N1CCOC[C@@H]1[C@@H]1CCC[C@H]1O. The van der Waals surface area contributed by atoms with Crippen molar-refractivity contribution in [1.29, 1.82) is 0 Å². The van der Waals surface area contributed by atoms with Crippen LogP contribution in [0, 0.1) is 11.7 Å². The van der Waals surface area contributed by atoms with E-state index in [0.717, 1.165) is 18.9 Å². The van der Waals surface area contributed by atoms with Crippen molar-refractivity contribution in [3.05, 3.63) is 30.1 Å². The fourth-order valence-electron chi connectivity index (χ4n) is 3.42. The van der Waals surface area contributed by atoms with E-state index in [1.807, 2.05) is 0 Å². The molecule has 1 saturated carbocycles. The number of rotatable bonds is 3. The maximum atomic E-state index is 13.4. The summed E-state index contributed by atoms with van der Waals surface area (Å²) in [6.45, 7) is 0.816. The molecule has 1 aromatic carbocycles. The summed E-state index contributed by atoms with van der Waals surface area (Å²) in [5, 5.41) is 10.1. The summed E-state index contributed by atoms with van der Waals surface area (Å²) in [7, 11) is -3.79. The van der Waals surface area contributed by atoms with Gasteiger partial charge in [0.1, 0.15) is 5.82 Å². The molecule has 2 fully saturated rings. The minimum Gasteiger partial charge on any atom is -0.393 e. The molecule has 5 nitrogen and oxygen atoms in total. The number of hydrogen-bond donors (Lipinski definition) is 1. The molecular formula is C15H20FNO4S. The maximum Gasteiger partial charge on any atom is 0.243 e. The van der Waals surface area contributed by atoms with Crippen LogP contribution < -0.4 is 0 Å². The first kappa shape index (κ1) is 15.9. The number of benzene rings is 1. The Bertz CT molecular complexity index is 636. The fourth-order valence-corrected chi connectivity index (χ4v) is 5.10. The number of hydrogen-bond acceptors (Lipinski definition) is 4. The number of nitrogens with zero attached hydrogens (tertiary/aromatic N) is 1. The summed E-state index contributed by atoms with van der Waals surface area (Å²) < 4.78 is 45.9. The van der Waals surface area contributed by atoms with Gasteiger partial charge in [-0.05, 0) is 31.0 Å². The first-order valence-corrected chi connectivity index (χ1v) is 8.97. The molecule has 1 aliphatic heterocycles. The van der Waals surface area contributed by atoms with Crippen LogP contribution in [0.1, 0.15) is 19.3 Å². The summed E-state index contributed by atoms with van der Waals surface area (Å²) >= 11 is 0. The lowest BCUT2D eigenvalue weighted by molar-refractivity contribution is -0.0148. The second-order valence-electron chi connectivity index (χ2n) is 5.88. The van der Waals surface area contributed by atoms with E-state index in [-0.39, 0.29) is 30.0 Å². The van der Waals surface area contributed by atoms with Crippen LogP contribution in [0.2, 0.25) is 0 Å². The monoisotopic (exact) mass is 329 g/mol. The average Bonchev–Trinajstić information content (AvgIpc) is 2.93. The Hall–Kier alpha value is -1.02. The van der Waals surface area contributed by atoms with Gasteiger partial charge in [-0.1, -0.05) is 12.5 Å². The van der Waals surface area contributed by atoms with Gasteiger partial charge < -0.3 is 9.84 Å². The number of halogens is 1. The molecule has 1 aromatic rings. The van der Waals surface area contributed by atoms with Crippen molar-refractivity contribution in [2.75, 3.05) is 19.8 Å². The van der Waals surface area contributed by atoms with E-state index >= 15 is 0 Å². The number of morpholine rings is 1. The lowest BCUT2D eigenvalue weighted by Crippen LogP contribution is -2.53. The van der Waals surface area contributed by atoms with E-state index in [1.165, 1.54) is 22.5 Å². The third kappa shape index (κ3) is 2.90. The molecule has 122 valence electrons. The second-order valence-corrected chi connectivity index (χ2v) is 7.77.